The van der Waals surface area contributed by atoms with Crippen LogP contribution in [0, 0.1) is 0 Å². The summed E-state index contributed by atoms with van der Waals surface area (Å²) >= 11 is 0. The Kier molecular flexibility index (Phi) is 6.64. The van der Waals surface area contributed by atoms with Gasteiger partial charge < -0.3 is 15.9 Å². The zero-order chi connectivity index (χ0) is 9.40. The summed E-state index contributed by atoms with van der Waals surface area (Å²) in [6.07, 6.45) is 0.264. The van der Waals surface area contributed by atoms with Crippen molar-refractivity contribution < 1.29 is 15.0 Å². The van der Waals surface area contributed by atoms with E-state index in [-0.39, 0.29) is 25.5 Å². The second-order valence-electron chi connectivity index (χ2n) is 2.51. The van der Waals surface area contributed by atoms with Crippen molar-refractivity contribution in [2.75, 3.05) is 32.8 Å². The van der Waals surface area contributed by atoms with E-state index in [4.69, 9.17) is 15.9 Å². The zero-order valence-electron chi connectivity index (χ0n) is 7.07. The van der Waals surface area contributed by atoms with Gasteiger partial charge in [-0.1, -0.05) is 0 Å². The largest absolute Gasteiger partial charge is 0.395 e. The van der Waals surface area contributed by atoms with Crippen LogP contribution in [-0.2, 0) is 4.79 Å². The number of primary amides is 1. The van der Waals surface area contributed by atoms with Crippen molar-refractivity contribution >= 4 is 5.91 Å². The Morgan fingerprint density at radius 3 is 2.00 bits per heavy atom. The number of aliphatic hydroxyl groups excluding tert-OH is 2. The van der Waals surface area contributed by atoms with Crippen molar-refractivity contribution in [2.45, 2.75) is 6.42 Å². The highest BCUT2D eigenvalue weighted by Gasteiger charge is 2.04. The van der Waals surface area contributed by atoms with Gasteiger partial charge in [-0.15, -0.1) is 0 Å². The van der Waals surface area contributed by atoms with E-state index in [9.17, 15) is 4.79 Å². The highest BCUT2D eigenvalue weighted by Crippen LogP contribution is 1.89. The molecule has 0 saturated carbocycles. The van der Waals surface area contributed by atoms with E-state index in [1.54, 1.807) is 4.90 Å². The Labute approximate surface area is 71.8 Å². The predicted octanol–water partition coefficient (Wildman–Crippen LogP) is -1.85. The van der Waals surface area contributed by atoms with Crippen LogP contribution >= 0.6 is 0 Å². The summed E-state index contributed by atoms with van der Waals surface area (Å²) in [5.74, 6) is -0.365. The molecule has 0 aliphatic heterocycles. The molecule has 0 aliphatic rings. The molecule has 0 rings (SSSR count). The third-order valence-corrected chi connectivity index (χ3v) is 1.51. The lowest BCUT2D eigenvalue weighted by Crippen LogP contribution is -2.33. The SMILES string of the molecule is NC(=O)CCN(CCO)CCO. The molecule has 0 aromatic rings. The minimum Gasteiger partial charge on any atom is -0.395 e. The van der Waals surface area contributed by atoms with Crippen LogP contribution in [0.4, 0.5) is 0 Å². The molecule has 5 nitrogen and oxygen atoms in total. The minimum atomic E-state index is -0.365. The summed E-state index contributed by atoms with van der Waals surface area (Å²) in [5, 5.41) is 17.2. The first kappa shape index (κ1) is 11.4. The number of nitrogens with zero attached hydrogens (tertiary/aromatic N) is 1. The van der Waals surface area contributed by atoms with Gasteiger partial charge in [-0.3, -0.25) is 9.69 Å². The number of amides is 1. The molecule has 0 aliphatic carbocycles. The molecule has 1 amide bonds. The minimum absolute atomic E-state index is 0.0265. The maximum atomic E-state index is 10.4. The molecule has 0 heterocycles. The third kappa shape index (κ3) is 6.09. The fourth-order valence-electron chi connectivity index (χ4n) is 0.887. The van der Waals surface area contributed by atoms with Crippen LogP contribution in [0.2, 0.25) is 0 Å². The summed E-state index contributed by atoms with van der Waals surface area (Å²) in [4.78, 5) is 12.2. The molecule has 5 heteroatoms. The summed E-state index contributed by atoms with van der Waals surface area (Å²) in [6, 6.07) is 0. The number of rotatable bonds is 7. The van der Waals surface area contributed by atoms with Crippen molar-refractivity contribution in [3.8, 4) is 0 Å². The second-order valence-corrected chi connectivity index (χ2v) is 2.51. The molecule has 0 unspecified atom stereocenters. The van der Waals surface area contributed by atoms with E-state index < -0.39 is 0 Å². The Morgan fingerprint density at radius 2 is 1.67 bits per heavy atom. The number of hydrogen-bond donors (Lipinski definition) is 3. The van der Waals surface area contributed by atoms with Crippen molar-refractivity contribution in [3.63, 3.8) is 0 Å². The second kappa shape index (κ2) is 7.02. The lowest BCUT2D eigenvalue weighted by atomic mass is 10.3. The molecule has 0 radical (unpaired) electrons. The third-order valence-electron chi connectivity index (χ3n) is 1.51. The fourth-order valence-corrected chi connectivity index (χ4v) is 0.887. The fraction of sp³-hybridized carbons (Fsp3) is 0.857. The van der Waals surface area contributed by atoms with Gasteiger partial charge in [0.1, 0.15) is 0 Å². The van der Waals surface area contributed by atoms with Crippen LogP contribution in [0.1, 0.15) is 6.42 Å². The van der Waals surface area contributed by atoms with Crippen LogP contribution in [0.5, 0.6) is 0 Å². The number of carbonyl (C=O) groups excluding carboxylic acids is 1. The first-order valence-electron chi connectivity index (χ1n) is 3.93. The number of hydrogen-bond acceptors (Lipinski definition) is 4. The molecular weight excluding hydrogens is 160 g/mol. The van der Waals surface area contributed by atoms with E-state index in [2.05, 4.69) is 0 Å². The molecule has 4 N–H and O–H groups in total. The first-order chi connectivity index (χ1) is 5.70. The lowest BCUT2D eigenvalue weighted by Gasteiger charge is -2.18. The number of carbonyl (C=O) groups is 1. The van der Waals surface area contributed by atoms with Crippen LogP contribution in [-0.4, -0.2) is 53.9 Å². The van der Waals surface area contributed by atoms with Crippen molar-refractivity contribution in [1.82, 2.24) is 4.90 Å². The first-order valence-corrected chi connectivity index (χ1v) is 3.93. The predicted molar refractivity (Wildman–Crippen MR) is 44.4 cm³/mol. The monoisotopic (exact) mass is 176 g/mol. The van der Waals surface area contributed by atoms with Gasteiger partial charge in [0.15, 0.2) is 0 Å². The number of nitrogens with two attached hydrogens (primary N) is 1. The van der Waals surface area contributed by atoms with E-state index in [1.165, 1.54) is 0 Å². The summed E-state index contributed by atoms with van der Waals surface area (Å²) in [6.45, 7) is 1.48. The highest BCUT2D eigenvalue weighted by atomic mass is 16.3. The summed E-state index contributed by atoms with van der Waals surface area (Å²) < 4.78 is 0. The van der Waals surface area contributed by atoms with Gasteiger partial charge in [0.2, 0.25) is 5.91 Å². The van der Waals surface area contributed by atoms with Crippen LogP contribution in [0.3, 0.4) is 0 Å². The van der Waals surface area contributed by atoms with Gasteiger partial charge in [-0.05, 0) is 0 Å². The molecule has 12 heavy (non-hydrogen) atoms. The van der Waals surface area contributed by atoms with Crippen LogP contribution < -0.4 is 5.73 Å². The van der Waals surface area contributed by atoms with Crippen LogP contribution in [0.15, 0.2) is 0 Å². The summed E-state index contributed by atoms with van der Waals surface area (Å²) in [5.41, 5.74) is 4.94. The smallest absolute Gasteiger partial charge is 0.218 e. The van der Waals surface area contributed by atoms with Gasteiger partial charge in [0.25, 0.3) is 0 Å². The van der Waals surface area contributed by atoms with Gasteiger partial charge in [-0.2, -0.15) is 0 Å². The topological polar surface area (TPSA) is 86.8 Å². The maximum Gasteiger partial charge on any atom is 0.218 e. The Hall–Kier alpha value is -0.650. The van der Waals surface area contributed by atoms with E-state index >= 15 is 0 Å². The van der Waals surface area contributed by atoms with Crippen LogP contribution in [0.25, 0.3) is 0 Å². The average Bonchev–Trinajstić information content (AvgIpc) is 2.01. The zero-order valence-corrected chi connectivity index (χ0v) is 7.07. The van der Waals surface area contributed by atoms with E-state index in [0.717, 1.165) is 0 Å². The molecule has 0 fully saturated rings. The van der Waals surface area contributed by atoms with Gasteiger partial charge in [0, 0.05) is 26.1 Å². The van der Waals surface area contributed by atoms with Crippen molar-refractivity contribution in [1.29, 1.82) is 0 Å². The summed E-state index contributed by atoms with van der Waals surface area (Å²) in [7, 11) is 0. The molecular formula is C7H16N2O3. The van der Waals surface area contributed by atoms with Gasteiger partial charge >= 0.3 is 0 Å². The molecule has 0 spiro atoms. The molecule has 0 saturated heterocycles. The normalized spacial score (nSPS) is 10.6. The highest BCUT2D eigenvalue weighted by molar-refractivity contribution is 5.73. The molecule has 72 valence electrons. The quantitative estimate of drug-likeness (QED) is 0.425. The molecule has 0 aromatic heterocycles. The molecule has 0 aromatic carbocycles. The van der Waals surface area contributed by atoms with E-state index in [1.807, 2.05) is 0 Å². The maximum absolute atomic E-state index is 10.4. The lowest BCUT2D eigenvalue weighted by molar-refractivity contribution is -0.118. The molecule has 0 atom stereocenters. The van der Waals surface area contributed by atoms with E-state index in [0.29, 0.717) is 19.6 Å². The standard InChI is InChI=1S/C7H16N2O3/c8-7(12)1-2-9(3-5-10)4-6-11/h10-11H,1-6H2,(H2,8,12). The van der Waals surface area contributed by atoms with Gasteiger partial charge in [-0.25, -0.2) is 0 Å². The van der Waals surface area contributed by atoms with Gasteiger partial charge in [0.05, 0.1) is 13.2 Å². The average molecular weight is 176 g/mol. The Bertz CT molecular complexity index is 124. The number of aliphatic hydroxyl groups is 2. The molecule has 0 bridgehead atoms. The Balaban J connectivity index is 3.54. The van der Waals surface area contributed by atoms with Crippen molar-refractivity contribution in [2.24, 2.45) is 5.73 Å². The Morgan fingerprint density at radius 1 is 1.17 bits per heavy atom. The van der Waals surface area contributed by atoms with Crippen molar-refractivity contribution in [3.05, 3.63) is 0 Å².